The largest absolute Gasteiger partial charge is 0.236 e. The number of hydrogen-bond donors (Lipinski definition) is 0. The van der Waals surface area contributed by atoms with Crippen LogP contribution in [0.1, 0.15) is 40.0 Å². The lowest BCUT2D eigenvalue weighted by atomic mass is 10.2. The highest BCUT2D eigenvalue weighted by atomic mass is 17.2. The molecular weight excluding hydrogens is 152 g/mol. The zero-order valence-corrected chi connectivity index (χ0v) is 8.43. The van der Waals surface area contributed by atoms with Crippen LogP contribution in [-0.2, 0) is 9.78 Å². The fourth-order valence-electron chi connectivity index (χ4n) is 0.668. The molecule has 0 N–H and O–H groups in total. The number of allylic oxidation sites excluding steroid dienone is 1. The van der Waals surface area contributed by atoms with E-state index in [1.165, 1.54) is 0 Å². The first kappa shape index (κ1) is 11.7. The minimum atomic E-state index is -0.196. The minimum absolute atomic E-state index is 0.196. The summed E-state index contributed by atoms with van der Waals surface area (Å²) in [7, 11) is 0. The fraction of sp³-hybridized carbons (Fsp3) is 0.800. The van der Waals surface area contributed by atoms with E-state index in [0.717, 1.165) is 19.3 Å². The molecule has 0 aliphatic carbocycles. The van der Waals surface area contributed by atoms with Gasteiger partial charge in [0.2, 0.25) is 0 Å². The summed E-state index contributed by atoms with van der Waals surface area (Å²) in [4.78, 5) is 10.1. The van der Waals surface area contributed by atoms with Crippen molar-refractivity contribution in [2.75, 3.05) is 6.61 Å². The molecule has 12 heavy (non-hydrogen) atoms. The summed E-state index contributed by atoms with van der Waals surface area (Å²) in [6.07, 6.45) is 5.13. The highest BCUT2D eigenvalue weighted by molar-refractivity contribution is 4.65. The van der Waals surface area contributed by atoms with Crippen molar-refractivity contribution in [3.8, 4) is 0 Å². The molecule has 0 saturated carbocycles. The third kappa shape index (κ3) is 9.66. The third-order valence-corrected chi connectivity index (χ3v) is 1.19. The first-order chi connectivity index (χ1) is 5.56. The van der Waals surface area contributed by atoms with E-state index in [2.05, 4.69) is 6.58 Å². The summed E-state index contributed by atoms with van der Waals surface area (Å²) < 4.78 is 0. The second-order valence-corrected chi connectivity index (χ2v) is 3.80. The normalized spacial score (nSPS) is 11.6. The predicted octanol–water partition coefficient (Wildman–Crippen LogP) is 3.09. The van der Waals surface area contributed by atoms with E-state index in [1.54, 1.807) is 0 Å². The lowest BCUT2D eigenvalue weighted by molar-refractivity contribution is -0.348. The Bertz CT molecular complexity index is 113. The molecule has 0 saturated heterocycles. The molecule has 0 heterocycles. The molecule has 2 heteroatoms. The molecule has 0 radical (unpaired) electrons. The van der Waals surface area contributed by atoms with Gasteiger partial charge in [0.25, 0.3) is 0 Å². The molecule has 0 aliphatic heterocycles. The van der Waals surface area contributed by atoms with Crippen molar-refractivity contribution in [3.63, 3.8) is 0 Å². The molecule has 0 atom stereocenters. The number of hydrogen-bond acceptors (Lipinski definition) is 2. The lowest BCUT2D eigenvalue weighted by Gasteiger charge is -2.17. The van der Waals surface area contributed by atoms with Crippen molar-refractivity contribution < 1.29 is 9.78 Å². The quantitative estimate of drug-likeness (QED) is 0.265. The minimum Gasteiger partial charge on any atom is -0.236 e. The van der Waals surface area contributed by atoms with E-state index in [-0.39, 0.29) is 5.60 Å². The van der Waals surface area contributed by atoms with Gasteiger partial charge in [-0.15, -0.1) is 6.58 Å². The maximum Gasteiger partial charge on any atom is 0.0952 e. The van der Waals surface area contributed by atoms with Crippen molar-refractivity contribution in [1.82, 2.24) is 0 Å². The van der Waals surface area contributed by atoms with Gasteiger partial charge in [-0.25, -0.2) is 9.78 Å². The summed E-state index contributed by atoms with van der Waals surface area (Å²) >= 11 is 0. The highest BCUT2D eigenvalue weighted by Crippen LogP contribution is 2.07. The van der Waals surface area contributed by atoms with Crippen molar-refractivity contribution in [3.05, 3.63) is 12.7 Å². The molecule has 0 aromatic heterocycles. The van der Waals surface area contributed by atoms with Gasteiger partial charge < -0.3 is 0 Å². The van der Waals surface area contributed by atoms with Crippen LogP contribution >= 0.6 is 0 Å². The van der Waals surface area contributed by atoms with Gasteiger partial charge in [-0.05, 0) is 40.0 Å². The molecule has 0 amide bonds. The summed E-state index contributed by atoms with van der Waals surface area (Å²) in [6, 6.07) is 0. The molecule has 0 unspecified atom stereocenters. The lowest BCUT2D eigenvalue weighted by Crippen LogP contribution is -2.19. The summed E-state index contributed by atoms with van der Waals surface area (Å²) in [5, 5.41) is 0. The molecule has 0 rings (SSSR count). The second kappa shape index (κ2) is 6.21. The van der Waals surface area contributed by atoms with Gasteiger partial charge in [0.05, 0.1) is 12.2 Å². The SMILES string of the molecule is C=CCCCCOOC(C)(C)C. The van der Waals surface area contributed by atoms with Gasteiger partial charge in [-0.3, -0.25) is 0 Å². The van der Waals surface area contributed by atoms with Crippen LogP contribution in [0.2, 0.25) is 0 Å². The van der Waals surface area contributed by atoms with E-state index in [0.29, 0.717) is 6.61 Å². The van der Waals surface area contributed by atoms with Crippen LogP contribution in [0.4, 0.5) is 0 Å². The van der Waals surface area contributed by atoms with Crippen LogP contribution in [0.25, 0.3) is 0 Å². The molecule has 72 valence electrons. The van der Waals surface area contributed by atoms with Crippen LogP contribution in [0.15, 0.2) is 12.7 Å². The van der Waals surface area contributed by atoms with Gasteiger partial charge in [0.15, 0.2) is 0 Å². The highest BCUT2D eigenvalue weighted by Gasteiger charge is 2.10. The first-order valence-corrected chi connectivity index (χ1v) is 4.48. The Balaban J connectivity index is 3.06. The number of rotatable bonds is 6. The summed E-state index contributed by atoms with van der Waals surface area (Å²) in [5.74, 6) is 0. The Hall–Kier alpha value is -0.340. The second-order valence-electron chi connectivity index (χ2n) is 3.80. The fourth-order valence-corrected chi connectivity index (χ4v) is 0.668. The molecule has 0 spiro atoms. The van der Waals surface area contributed by atoms with Crippen LogP contribution in [0.3, 0.4) is 0 Å². The van der Waals surface area contributed by atoms with E-state index >= 15 is 0 Å². The Morgan fingerprint density at radius 3 is 2.42 bits per heavy atom. The van der Waals surface area contributed by atoms with Gasteiger partial charge >= 0.3 is 0 Å². The molecule has 0 bridgehead atoms. The predicted molar refractivity (Wildman–Crippen MR) is 50.8 cm³/mol. The zero-order valence-electron chi connectivity index (χ0n) is 8.43. The topological polar surface area (TPSA) is 18.5 Å². The van der Waals surface area contributed by atoms with Crippen LogP contribution in [0, 0.1) is 0 Å². The van der Waals surface area contributed by atoms with Gasteiger partial charge in [0, 0.05) is 0 Å². The standard InChI is InChI=1S/C10H20O2/c1-5-6-7-8-9-11-12-10(2,3)4/h5H,1,6-9H2,2-4H3. The van der Waals surface area contributed by atoms with Crippen LogP contribution in [0.5, 0.6) is 0 Å². The van der Waals surface area contributed by atoms with E-state index in [9.17, 15) is 0 Å². The molecular formula is C10H20O2. The average molecular weight is 172 g/mol. The van der Waals surface area contributed by atoms with Gasteiger partial charge in [-0.2, -0.15) is 0 Å². The molecule has 2 nitrogen and oxygen atoms in total. The molecule has 0 aromatic rings. The van der Waals surface area contributed by atoms with Crippen molar-refractivity contribution >= 4 is 0 Å². The maximum atomic E-state index is 5.08. The third-order valence-electron chi connectivity index (χ3n) is 1.19. The van der Waals surface area contributed by atoms with E-state index in [4.69, 9.17) is 9.78 Å². The maximum absolute atomic E-state index is 5.08. The average Bonchev–Trinajstić information content (AvgIpc) is 1.94. The summed E-state index contributed by atoms with van der Waals surface area (Å²) in [5.41, 5.74) is -0.196. The first-order valence-electron chi connectivity index (χ1n) is 4.48. The van der Waals surface area contributed by atoms with Crippen LogP contribution < -0.4 is 0 Å². The van der Waals surface area contributed by atoms with Crippen molar-refractivity contribution in [2.24, 2.45) is 0 Å². The zero-order chi connectivity index (χ0) is 9.45. The van der Waals surface area contributed by atoms with E-state index < -0.39 is 0 Å². The Labute approximate surface area is 75.5 Å². The molecule has 0 fully saturated rings. The molecule has 0 aliphatic rings. The summed E-state index contributed by atoms with van der Waals surface area (Å²) in [6.45, 7) is 10.2. The van der Waals surface area contributed by atoms with Crippen molar-refractivity contribution in [1.29, 1.82) is 0 Å². The monoisotopic (exact) mass is 172 g/mol. The van der Waals surface area contributed by atoms with E-state index in [1.807, 2.05) is 26.8 Å². The Morgan fingerprint density at radius 1 is 1.25 bits per heavy atom. The molecule has 0 aromatic carbocycles. The smallest absolute Gasteiger partial charge is 0.0952 e. The van der Waals surface area contributed by atoms with Crippen LogP contribution in [-0.4, -0.2) is 12.2 Å². The van der Waals surface area contributed by atoms with Gasteiger partial charge in [-0.1, -0.05) is 6.08 Å². The number of unbranched alkanes of at least 4 members (excludes halogenated alkanes) is 2. The van der Waals surface area contributed by atoms with Crippen molar-refractivity contribution in [2.45, 2.75) is 45.6 Å². The Morgan fingerprint density at radius 2 is 1.92 bits per heavy atom. The Kier molecular flexibility index (Phi) is 6.03. The van der Waals surface area contributed by atoms with Gasteiger partial charge in [0.1, 0.15) is 0 Å².